The van der Waals surface area contributed by atoms with E-state index in [-0.39, 0.29) is 29.7 Å². The van der Waals surface area contributed by atoms with Crippen molar-refractivity contribution in [3.8, 4) is 11.5 Å². The molecule has 0 aliphatic carbocycles. The van der Waals surface area contributed by atoms with Crippen molar-refractivity contribution >= 4 is 21.6 Å². The Hall–Kier alpha value is -3.52. The van der Waals surface area contributed by atoms with Crippen LogP contribution in [-0.4, -0.2) is 27.7 Å². The van der Waals surface area contributed by atoms with Gasteiger partial charge >= 0.3 is 0 Å². The molecule has 0 saturated carbocycles. The van der Waals surface area contributed by atoms with Crippen molar-refractivity contribution in [3.63, 3.8) is 0 Å². The molecule has 0 radical (unpaired) electrons. The van der Waals surface area contributed by atoms with Crippen LogP contribution in [0, 0.1) is 0 Å². The Labute approximate surface area is 194 Å². The molecule has 1 aliphatic rings. The number of hydrogen-bond donors (Lipinski definition) is 1. The average Bonchev–Trinajstić information content (AvgIpc) is 3.31. The van der Waals surface area contributed by atoms with Crippen LogP contribution in [0.1, 0.15) is 35.7 Å². The summed E-state index contributed by atoms with van der Waals surface area (Å²) >= 11 is 0. The smallest absolute Gasteiger partial charge is 0.264 e. The topological polar surface area (TPSA) is 84.9 Å². The van der Waals surface area contributed by atoms with Gasteiger partial charge in [0.1, 0.15) is 0 Å². The number of carbonyl (C=O) groups excluding carboxylic acids is 1. The molecule has 1 N–H and O–H groups in total. The number of fused-ring (bicyclic) bond motifs is 1. The maximum atomic E-state index is 13.5. The van der Waals surface area contributed by atoms with E-state index >= 15 is 0 Å². The molecule has 3 aromatic carbocycles. The maximum Gasteiger partial charge on any atom is 0.264 e. The number of nitrogens with zero attached hydrogens (tertiary/aromatic N) is 1. The molecule has 4 rings (SSSR count). The molecule has 0 atom stereocenters. The molecule has 1 aliphatic heterocycles. The third-order valence-electron chi connectivity index (χ3n) is 5.33. The van der Waals surface area contributed by atoms with Gasteiger partial charge in [0, 0.05) is 18.7 Å². The van der Waals surface area contributed by atoms with Crippen molar-refractivity contribution in [2.24, 2.45) is 0 Å². The molecular formula is C25H26N2O5S. The number of unbranched alkanes of at least 4 members (excludes halogenated alkanes) is 1. The van der Waals surface area contributed by atoms with E-state index in [1.807, 2.05) is 37.3 Å². The molecule has 3 aromatic rings. The lowest BCUT2D eigenvalue weighted by molar-refractivity contribution is 0.0950. The molecule has 1 amide bonds. The van der Waals surface area contributed by atoms with E-state index < -0.39 is 10.0 Å². The van der Waals surface area contributed by atoms with Gasteiger partial charge in [0.05, 0.1) is 10.6 Å². The molecule has 0 bridgehead atoms. The number of amides is 1. The van der Waals surface area contributed by atoms with E-state index in [1.54, 1.807) is 30.3 Å². The van der Waals surface area contributed by atoms with E-state index in [0.29, 0.717) is 23.7 Å². The van der Waals surface area contributed by atoms with Crippen molar-refractivity contribution in [2.75, 3.05) is 17.6 Å². The number of benzene rings is 3. The zero-order chi connectivity index (χ0) is 23.3. The van der Waals surface area contributed by atoms with Crippen molar-refractivity contribution in [1.29, 1.82) is 0 Å². The molecule has 172 valence electrons. The van der Waals surface area contributed by atoms with Crippen LogP contribution in [0.25, 0.3) is 0 Å². The van der Waals surface area contributed by atoms with E-state index in [1.165, 1.54) is 16.4 Å². The standard InChI is InChI=1S/C25H26N2O5S/c1-2-3-14-27(21-9-5-4-6-10-21)33(29,30)22-11-7-8-20(16-22)25(28)26-17-19-12-13-23-24(15-19)32-18-31-23/h4-13,15-16H,2-3,14,17-18H2,1H3,(H,26,28). The van der Waals surface area contributed by atoms with Crippen LogP contribution in [-0.2, 0) is 16.6 Å². The Bertz CT molecular complexity index is 1230. The summed E-state index contributed by atoms with van der Waals surface area (Å²) in [5.41, 5.74) is 1.73. The van der Waals surface area contributed by atoms with Gasteiger partial charge in [-0.25, -0.2) is 8.42 Å². The fourth-order valence-corrected chi connectivity index (χ4v) is 5.09. The third-order valence-corrected chi connectivity index (χ3v) is 7.16. The summed E-state index contributed by atoms with van der Waals surface area (Å²) in [6.45, 7) is 2.84. The number of anilines is 1. The van der Waals surface area contributed by atoms with Crippen molar-refractivity contribution in [2.45, 2.75) is 31.2 Å². The molecule has 0 aromatic heterocycles. The first kappa shape index (κ1) is 22.7. The fourth-order valence-electron chi connectivity index (χ4n) is 3.54. The second kappa shape index (κ2) is 9.95. The van der Waals surface area contributed by atoms with E-state index in [2.05, 4.69) is 5.32 Å². The molecule has 8 heteroatoms. The van der Waals surface area contributed by atoms with Crippen LogP contribution in [0.2, 0.25) is 0 Å². The summed E-state index contributed by atoms with van der Waals surface area (Å²) in [5, 5.41) is 2.84. The molecule has 7 nitrogen and oxygen atoms in total. The summed E-state index contributed by atoms with van der Waals surface area (Å²) in [6.07, 6.45) is 1.59. The minimum Gasteiger partial charge on any atom is -0.454 e. The van der Waals surface area contributed by atoms with Gasteiger partial charge < -0.3 is 14.8 Å². The van der Waals surface area contributed by atoms with Crippen LogP contribution in [0.4, 0.5) is 5.69 Å². The second-order valence-corrected chi connectivity index (χ2v) is 9.53. The molecule has 0 saturated heterocycles. The van der Waals surface area contributed by atoms with Crippen molar-refractivity contribution in [3.05, 3.63) is 83.9 Å². The monoisotopic (exact) mass is 466 g/mol. The first-order chi connectivity index (χ1) is 16.0. The Morgan fingerprint density at radius 3 is 2.55 bits per heavy atom. The first-order valence-electron chi connectivity index (χ1n) is 10.8. The molecule has 1 heterocycles. The van der Waals surface area contributed by atoms with Gasteiger partial charge in [-0.15, -0.1) is 0 Å². The quantitative estimate of drug-likeness (QED) is 0.507. The largest absolute Gasteiger partial charge is 0.454 e. The highest BCUT2D eigenvalue weighted by Gasteiger charge is 2.25. The molecule has 0 fully saturated rings. The van der Waals surface area contributed by atoms with Crippen molar-refractivity contribution in [1.82, 2.24) is 5.32 Å². The van der Waals surface area contributed by atoms with E-state index in [9.17, 15) is 13.2 Å². The number of carbonyl (C=O) groups is 1. The molecule has 0 unspecified atom stereocenters. The minimum absolute atomic E-state index is 0.0817. The lowest BCUT2D eigenvalue weighted by Gasteiger charge is -2.24. The highest BCUT2D eigenvalue weighted by atomic mass is 32.2. The SMILES string of the molecule is CCCCN(c1ccccc1)S(=O)(=O)c1cccc(C(=O)NCc2ccc3c(c2)OCO3)c1. The van der Waals surface area contributed by atoms with Crippen LogP contribution in [0.5, 0.6) is 11.5 Å². The molecule has 33 heavy (non-hydrogen) atoms. The zero-order valence-electron chi connectivity index (χ0n) is 18.4. The predicted octanol–water partition coefficient (Wildman–Crippen LogP) is 4.34. The lowest BCUT2D eigenvalue weighted by atomic mass is 10.2. The number of nitrogens with one attached hydrogen (secondary N) is 1. The Morgan fingerprint density at radius 1 is 0.970 bits per heavy atom. The average molecular weight is 467 g/mol. The van der Waals surface area contributed by atoms with Gasteiger partial charge in [-0.05, 0) is 54.4 Å². The lowest BCUT2D eigenvalue weighted by Crippen LogP contribution is -2.32. The van der Waals surface area contributed by atoms with Crippen LogP contribution in [0.3, 0.4) is 0 Å². The van der Waals surface area contributed by atoms with Crippen LogP contribution >= 0.6 is 0 Å². The molecular weight excluding hydrogens is 440 g/mol. The van der Waals surface area contributed by atoms with Crippen LogP contribution in [0.15, 0.2) is 77.7 Å². The minimum atomic E-state index is -3.83. The fraction of sp³-hybridized carbons (Fsp3) is 0.240. The Kier molecular flexibility index (Phi) is 6.84. The zero-order valence-corrected chi connectivity index (χ0v) is 19.2. The Morgan fingerprint density at radius 2 is 1.76 bits per heavy atom. The van der Waals surface area contributed by atoms with E-state index in [0.717, 1.165) is 18.4 Å². The van der Waals surface area contributed by atoms with Gasteiger partial charge in [0.25, 0.3) is 15.9 Å². The van der Waals surface area contributed by atoms with E-state index in [4.69, 9.17) is 9.47 Å². The van der Waals surface area contributed by atoms with Gasteiger partial charge in [-0.3, -0.25) is 9.10 Å². The third kappa shape index (κ3) is 5.12. The summed E-state index contributed by atoms with van der Waals surface area (Å²) in [6, 6.07) is 20.6. The molecule has 0 spiro atoms. The van der Waals surface area contributed by atoms with Gasteiger partial charge in [0.2, 0.25) is 6.79 Å². The number of sulfonamides is 1. The van der Waals surface area contributed by atoms with Crippen LogP contribution < -0.4 is 19.1 Å². The summed E-state index contributed by atoms with van der Waals surface area (Å²) < 4.78 is 39.0. The number of rotatable bonds is 9. The maximum absolute atomic E-state index is 13.5. The van der Waals surface area contributed by atoms with Gasteiger partial charge in [-0.1, -0.05) is 43.7 Å². The Balaban J connectivity index is 1.52. The highest BCUT2D eigenvalue weighted by Crippen LogP contribution is 2.32. The first-order valence-corrected chi connectivity index (χ1v) is 12.3. The normalized spacial score (nSPS) is 12.4. The summed E-state index contributed by atoms with van der Waals surface area (Å²) in [5.74, 6) is 0.960. The highest BCUT2D eigenvalue weighted by molar-refractivity contribution is 7.92. The van der Waals surface area contributed by atoms with Gasteiger partial charge in [-0.2, -0.15) is 0 Å². The van der Waals surface area contributed by atoms with Crippen molar-refractivity contribution < 1.29 is 22.7 Å². The number of para-hydroxylation sites is 1. The summed E-state index contributed by atoms with van der Waals surface area (Å²) in [4.78, 5) is 12.8. The summed E-state index contributed by atoms with van der Waals surface area (Å²) in [7, 11) is -3.83. The van der Waals surface area contributed by atoms with Gasteiger partial charge in [0.15, 0.2) is 11.5 Å². The second-order valence-electron chi connectivity index (χ2n) is 7.66. The predicted molar refractivity (Wildman–Crippen MR) is 126 cm³/mol. The number of hydrogen-bond acceptors (Lipinski definition) is 5. The number of ether oxygens (including phenoxy) is 2.